The minimum absolute atomic E-state index is 0.0268. The molecule has 1 aromatic carbocycles. The molecule has 3 rings (SSSR count). The van der Waals surface area contributed by atoms with Crippen LogP contribution in [0.4, 0.5) is 0 Å². The van der Waals surface area contributed by atoms with E-state index in [1.165, 1.54) is 19.7 Å². The summed E-state index contributed by atoms with van der Waals surface area (Å²) in [4.78, 5) is 59.2. The maximum atomic E-state index is 14.0. The molecule has 0 saturated heterocycles. The number of aliphatic hydroxyl groups is 1. The summed E-state index contributed by atoms with van der Waals surface area (Å²) in [6, 6.07) is 6.92. The number of imidazole rings is 1. The van der Waals surface area contributed by atoms with Crippen molar-refractivity contribution >= 4 is 23.5 Å². The highest BCUT2D eigenvalue weighted by Crippen LogP contribution is 2.30. The van der Waals surface area contributed by atoms with Gasteiger partial charge in [-0.05, 0) is 43.1 Å². The van der Waals surface area contributed by atoms with Gasteiger partial charge in [0.1, 0.15) is 17.9 Å². The van der Waals surface area contributed by atoms with E-state index in [1.54, 1.807) is 6.20 Å². The van der Waals surface area contributed by atoms with Gasteiger partial charge in [0.2, 0.25) is 17.7 Å². The number of hydrogen-bond acceptors (Lipinski definition) is 6. The number of carbonyl (C=O) groups is 4. The molecule has 0 aliphatic heterocycles. The average Bonchev–Trinajstić information content (AvgIpc) is 3.55. The van der Waals surface area contributed by atoms with Gasteiger partial charge in [-0.3, -0.25) is 14.4 Å². The first kappa shape index (κ1) is 36.9. The number of aromatic amines is 1. The fourth-order valence-corrected chi connectivity index (χ4v) is 6.47. The maximum Gasteiger partial charge on any atom is 0.243 e. The Labute approximate surface area is 274 Å². The van der Waals surface area contributed by atoms with Gasteiger partial charge in [0, 0.05) is 31.9 Å². The summed E-state index contributed by atoms with van der Waals surface area (Å²) in [5.41, 5.74) is 1.44. The zero-order valence-electron chi connectivity index (χ0n) is 28.1. The van der Waals surface area contributed by atoms with Gasteiger partial charge in [-0.25, -0.2) is 4.98 Å². The predicted octanol–water partition coefficient (Wildman–Crippen LogP) is 4.42. The lowest BCUT2D eigenvalue weighted by Gasteiger charge is -2.33. The summed E-state index contributed by atoms with van der Waals surface area (Å²) in [6.45, 7) is 7.88. The highest BCUT2D eigenvalue weighted by molar-refractivity contribution is 5.93. The van der Waals surface area contributed by atoms with Gasteiger partial charge >= 0.3 is 0 Å². The fraction of sp³-hybridized carbons (Fsp3) is 0.639. The number of benzene rings is 1. The van der Waals surface area contributed by atoms with Crippen molar-refractivity contribution in [2.75, 3.05) is 0 Å². The number of aromatic nitrogens is 2. The number of nitrogens with zero attached hydrogens (tertiary/aromatic N) is 1. The molecule has 5 N–H and O–H groups in total. The topological polar surface area (TPSA) is 153 Å². The van der Waals surface area contributed by atoms with Crippen molar-refractivity contribution < 1.29 is 24.3 Å². The van der Waals surface area contributed by atoms with Crippen LogP contribution < -0.4 is 16.0 Å². The number of hydrogen-bond donors (Lipinski definition) is 5. The lowest BCUT2D eigenvalue weighted by molar-refractivity contribution is -0.133. The molecular weight excluding hydrogens is 582 g/mol. The van der Waals surface area contributed by atoms with E-state index in [-0.39, 0.29) is 31.5 Å². The lowest BCUT2D eigenvalue weighted by atomic mass is 9.80. The highest BCUT2D eigenvalue weighted by atomic mass is 16.3. The van der Waals surface area contributed by atoms with E-state index >= 15 is 0 Å². The molecule has 0 unspecified atom stereocenters. The molecule has 1 saturated carbocycles. The minimum atomic E-state index is -0.990. The van der Waals surface area contributed by atoms with Crippen molar-refractivity contribution in [3.05, 3.63) is 54.1 Å². The Bertz CT molecular complexity index is 1210. The van der Waals surface area contributed by atoms with Crippen LogP contribution in [0.1, 0.15) is 103 Å². The molecule has 0 radical (unpaired) electrons. The molecule has 1 heterocycles. The summed E-state index contributed by atoms with van der Waals surface area (Å²) in [5, 5.41) is 20.3. The maximum absolute atomic E-state index is 14.0. The lowest BCUT2D eigenvalue weighted by Crippen LogP contribution is -2.57. The average molecular weight is 638 g/mol. The molecule has 10 nitrogen and oxygen atoms in total. The molecule has 1 aromatic heterocycles. The van der Waals surface area contributed by atoms with Gasteiger partial charge in [-0.2, -0.15) is 0 Å². The number of Topliss-reactive ketones (excluding diaryl/α,β-unsaturated/α-hetero) is 1. The Kier molecular flexibility index (Phi) is 15.4. The quantitative estimate of drug-likeness (QED) is 0.154. The van der Waals surface area contributed by atoms with Crippen molar-refractivity contribution in [1.29, 1.82) is 0 Å². The Hall–Kier alpha value is -3.53. The van der Waals surface area contributed by atoms with E-state index in [1.807, 2.05) is 30.3 Å². The third kappa shape index (κ3) is 12.7. The largest absolute Gasteiger partial charge is 0.391 e. The van der Waals surface area contributed by atoms with Crippen LogP contribution in [0.3, 0.4) is 0 Å². The van der Waals surface area contributed by atoms with Gasteiger partial charge < -0.3 is 30.8 Å². The highest BCUT2D eigenvalue weighted by Gasteiger charge is 2.33. The van der Waals surface area contributed by atoms with Crippen molar-refractivity contribution in [3.8, 4) is 0 Å². The van der Waals surface area contributed by atoms with Crippen LogP contribution in [0.5, 0.6) is 0 Å². The first-order valence-corrected chi connectivity index (χ1v) is 17.1. The van der Waals surface area contributed by atoms with E-state index in [0.717, 1.165) is 37.7 Å². The third-order valence-electron chi connectivity index (χ3n) is 9.36. The van der Waals surface area contributed by atoms with Crippen LogP contribution >= 0.6 is 0 Å². The number of amides is 3. The first-order valence-electron chi connectivity index (χ1n) is 17.1. The van der Waals surface area contributed by atoms with E-state index < -0.39 is 42.0 Å². The molecular formula is C36H55N5O5. The van der Waals surface area contributed by atoms with Gasteiger partial charge in [-0.1, -0.05) is 89.6 Å². The van der Waals surface area contributed by atoms with Crippen molar-refractivity contribution in [2.45, 2.75) is 129 Å². The number of aliphatic hydroxyl groups excluding tert-OH is 1. The zero-order chi connectivity index (χ0) is 33.5. The predicted molar refractivity (Wildman–Crippen MR) is 179 cm³/mol. The molecule has 10 heteroatoms. The number of nitrogens with one attached hydrogen (secondary N) is 4. The Balaban J connectivity index is 1.82. The third-order valence-corrected chi connectivity index (χ3v) is 9.36. The molecule has 254 valence electrons. The molecule has 0 spiro atoms. The minimum Gasteiger partial charge on any atom is -0.391 e. The number of H-pyrrole nitrogens is 1. The fourth-order valence-electron chi connectivity index (χ4n) is 6.47. The normalized spacial score (nSPS) is 17.0. The van der Waals surface area contributed by atoms with Crippen LogP contribution in [0.2, 0.25) is 0 Å². The summed E-state index contributed by atoms with van der Waals surface area (Å²) < 4.78 is 0. The molecule has 3 amide bonds. The Morgan fingerprint density at radius 3 is 2.22 bits per heavy atom. The van der Waals surface area contributed by atoms with Crippen LogP contribution in [0.15, 0.2) is 42.9 Å². The van der Waals surface area contributed by atoms with Crippen molar-refractivity contribution in [2.24, 2.45) is 17.8 Å². The van der Waals surface area contributed by atoms with Gasteiger partial charge in [-0.15, -0.1) is 0 Å². The molecule has 1 aliphatic carbocycles. The Morgan fingerprint density at radius 1 is 0.935 bits per heavy atom. The second-order valence-corrected chi connectivity index (χ2v) is 13.4. The van der Waals surface area contributed by atoms with Crippen molar-refractivity contribution in [1.82, 2.24) is 25.9 Å². The molecule has 2 aromatic rings. The second-order valence-electron chi connectivity index (χ2n) is 13.4. The first-order chi connectivity index (χ1) is 22.0. The summed E-state index contributed by atoms with van der Waals surface area (Å²) in [7, 11) is 0. The number of ketones is 1. The smallest absolute Gasteiger partial charge is 0.243 e. The molecule has 0 bridgehead atoms. The van der Waals surface area contributed by atoms with E-state index in [9.17, 15) is 24.3 Å². The molecule has 5 atom stereocenters. The molecule has 46 heavy (non-hydrogen) atoms. The van der Waals surface area contributed by atoms with Crippen LogP contribution in [-0.2, 0) is 32.0 Å². The van der Waals surface area contributed by atoms with E-state index in [2.05, 4.69) is 46.7 Å². The summed E-state index contributed by atoms with van der Waals surface area (Å²) >= 11 is 0. The van der Waals surface area contributed by atoms with Crippen LogP contribution in [-0.4, -0.2) is 62.8 Å². The van der Waals surface area contributed by atoms with E-state index in [0.29, 0.717) is 36.3 Å². The summed E-state index contributed by atoms with van der Waals surface area (Å²) in [5.74, 6) is -0.270. The van der Waals surface area contributed by atoms with Crippen molar-refractivity contribution in [3.63, 3.8) is 0 Å². The van der Waals surface area contributed by atoms with Gasteiger partial charge in [0.15, 0.2) is 0 Å². The molecule has 1 aliphatic rings. The summed E-state index contributed by atoms with van der Waals surface area (Å²) in [6.07, 6.45) is 10.8. The van der Waals surface area contributed by atoms with Gasteiger partial charge in [0.05, 0.1) is 24.2 Å². The second kappa shape index (κ2) is 19.2. The standard InChI is InChI=1S/C36H55N5O5/c1-5-28(24(2)3)20-33(43)30(18-26-12-8-6-9-13-26)40-36(46)32(21-29-22-37-23-38-29)41-35(45)31(19-27-14-10-7-11-15-27)39-34(44)17-16-25(4)42/h7,10-11,14-15,22-24,26,28,30-33,43H,5-6,8-9,12-13,16-21H2,1-4H3,(H,37,38)(H,39,44)(H,40,46)(H,41,45)/t28-,30-,31-,32-,33-/m0/s1. The number of rotatable bonds is 19. The van der Waals surface area contributed by atoms with Gasteiger partial charge in [0.25, 0.3) is 0 Å². The van der Waals surface area contributed by atoms with Crippen LogP contribution in [0.25, 0.3) is 0 Å². The number of carbonyl (C=O) groups excluding carboxylic acids is 4. The molecule has 1 fully saturated rings. The van der Waals surface area contributed by atoms with Crippen LogP contribution in [0, 0.1) is 17.8 Å². The zero-order valence-corrected chi connectivity index (χ0v) is 28.1. The SMILES string of the molecule is CC[C@@H](C[C@H](O)[C@H](CC1CCCCC1)NC(=O)[C@H](Cc1c[nH]cn1)NC(=O)[C@H](Cc1ccccc1)NC(=O)CCC(C)=O)C(C)C. The van der Waals surface area contributed by atoms with E-state index in [4.69, 9.17) is 0 Å². The Morgan fingerprint density at radius 2 is 1.61 bits per heavy atom. The monoisotopic (exact) mass is 637 g/mol.